The fraction of sp³-hybridized carbons (Fsp3) is 0.684. The lowest BCUT2D eigenvalue weighted by molar-refractivity contribution is -0.120. The van der Waals surface area contributed by atoms with E-state index in [0.29, 0.717) is 17.2 Å². The number of carbonyl (C=O) groups excluding carboxylic acids is 2. The fourth-order valence-corrected chi connectivity index (χ4v) is 5.09. The first-order chi connectivity index (χ1) is 12.1. The Balaban J connectivity index is 0.00000243. The molecule has 0 radical (unpaired) electrons. The molecule has 0 atom stereocenters. The second-order valence-electron chi connectivity index (χ2n) is 6.87. The maximum absolute atomic E-state index is 12.7. The number of hydrogen-bond donors (Lipinski definition) is 1. The molecule has 2 heterocycles. The van der Waals surface area contributed by atoms with Gasteiger partial charge in [-0.05, 0) is 38.3 Å². The van der Waals surface area contributed by atoms with Gasteiger partial charge in [-0.2, -0.15) is 0 Å². The molecule has 1 amide bonds. The van der Waals surface area contributed by atoms with Gasteiger partial charge in [0.1, 0.15) is 5.00 Å². The molecule has 1 N–H and O–H groups in total. The molecule has 0 saturated heterocycles. The van der Waals surface area contributed by atoms with E-state index in [0.717, 1.165) is 57.3 Å². The van der Waals surface area contributed by atoms with Gasteiger partial charge in [-0.15, -0.1) is 11.3 Å². The summed E-state index contributed by atoms with van der Waals surface area (Å²) in [6.07, 6.45) is 6.21. The number of fused-ring (bicyclic) bond motifs is 1. The fourth-order valence-electron chi connectivity index (χ4n) is 3.81. The molecule has 1 aliphatic heterocycles. The molecule has 1 fully saturated rings. The first kappa shape index (κ1) is 21.2. The quantitative estimate of drug-likeness (QED) is 0.745. The topological polar surface area (TPSA) is 58.6 Å². The normalized spacial score (nSPS) is 17.9. The number of likely N-dealkylation sites (N-methyl/N-ethyl adjacent to an activating group) is 1. The highest BCUT2D eigenvalue weighted by molar-refractivity contribution is 7.17. The zero-order chi connectivity index (χ0) is 17.8. The summed E-state index contributed by atoms with van der Waals surface area (Å²) in [7, 11) is 0. The molecule has 0 aromatic carbocycles. The van der Waals surface area contributed by atoms with E-state index in [1.807, 2.05) is 6.92 Å². The van der Waals surface area contributed by atoms with Gasteiger partial charge in [-0.1, -0.05) is 26.2 Å². The Labute approximate surface area is 165 Å². The van der Waals surface area contributed by atoms with Crippen LogP contribution in [-0.4, -0.2) is 36.5 Å². The highest BCUT2D eigenvalue weighted by Gasteiger charge is 2.30. The molecular weight excluding hydrogens is 372 g/mol. The third-order valence-electron chi connectivity index (χ3n) is 5.28. The van der Waals surface area contributed by atoms with Crippen LogP contribution < -0.4 is 17.7 Å². The predicted octanol–water partition coefficient (Wildman–Crippen LogP) is 0.826. The summed E-state index contributed by atoms with van der Waals surface area (Å²) in [4.78, 5) is 28.7. The van der Waals surface area contributed by atoms with Crippen molar-refractivity contribution in [1.29, 1.82) is 0 Å². The van der Waals surface area contributed by atoms with Crippen LogP contribution in [0.2, 0.25) is 0 Å². The number of carbonyl (C=O) groups is 2. The van der Waals surface area contributed by atoms with Gasteiger partial charge in [-0.25, -0.2) is 4.79 Å². The average Bonchev–Trinajstić information content (AvgIpc) is 2.99. The van der Waals surface area contributed by atoms with E-state index in [2.05, 4.69) is 17.1 Å². The van der Waals surface area contributed by atoms with Crippen LogP contribution in [-0.2, 0) is 22.5 Å². The molecule has 1 aliphatic carbocycles. The third kappa shape index (κ3) is 4.59. The largest absolute Gasteiger partial charge is 1.00 e. The van der Waals surface area contributed by atoms with Gasteiger partial charge in [0.15, 0.2) is 0 Å². The Hall–Kier alpha value is -1.11. The molecule has 5 nitrogen and oxygen atoms in total. The molecule has 0 spiro atoms. The number of amides is 1. The Morgan fingerprint density at radius 2 is 1.96 bits per heavy atom. The number of hydrogen-bond acceptors (Lipinski definition) is 5. The second-order valence-corrected chi connectivity index (χ2v) is 7.98. The van der Waals surface area contributed by atoms with Crippen LogP contribution in [0.15, 0.2) is 0 Å². The first-order valence-corrected chi connectivity index (χ1v) is 10.3. The van der Waals surface area contributed by atoms with Crippen molar-refractivity contribution in [3.05, 3.63) is 16.0 Å². The number of anilines is 1. The van der Waals surface area contributed by atoms with E-state index in [-0.39, 0.29) is 30.2 Å². The number of halogens is 1. The van der Waals surface area contributed by atoms with Crippen molar-refractivity contribution in [2.24, 2.45) is 5.92 Å². The van der Waals surface area contributed by atoms with E-state index in [1.54, 1.807) is 11.3 Å². The van der Waals surface area contributed by atoms with Crippen LogP contribution in [0.1, 0.15) is 66.8 Å². The summed E-state index contributed by atoms with van der Waals surface area (Å²) in [6, 6.07) is 0. The third-order valence-corrected chi connectivity index (χ3v) is 6.41. The number of esters is 1. The lowest BCUT2D eigenvalue weighted by atomic mass is 9.88. The highest BCUT2D eigenvalue weighted by Crippen LogP contribution is 2.38. The van der Waals surface area contributed by atoms with Crippen LogP contribution in [0.3, 0.4) is 0 Å². The van der Waals surface area contributed by atoms with Crippen molar-refractivity contribution in [3.8, 4) is 0 Å². The maximum Gasteiger partial charge on any atom is 0.341 e. The zero-order valence-corrected chi connectivity index (χ0v) is 17.2. The average molecular weight is 400 g/mol. The van der Waals surface area contributed by atoms with E-state index in [9.17, 15) is 9.59 Å². The molecule has 1 aromatic rings. The number of nitrogens with one attached hydrogen (secondary N) is 1. The van der Waals surface area contributed by atoms with E-state index in [4.69, 9.17) is 4.74 Å². The van der Waals surface area contributed by atoms with E-state index in [1.165, 1.54) is 11.3 Å². The summed E-state index contributed by atoms with van der Waals surface area (Å²) in [5.74, 6) is -0.157. The summed E-state index contributed by atoms with van der Waals surface area (Å²) in [6.45, 7) is 7.10. The molecule has 26 heavy (non-hydrogen) atoms. The lowest BCUT2D eigenvalue weighted by Crippen LogP contribution is -3.00. The van der Waals surface area contributed by atoms with Gasteiger partial charge in [0.25, 0.3) is 0 Å². The van der Waals surface area contributed by atoms with Gasteiger partial charge in [0.05, 0.1) is 12.2 Å². The summed E-state index contributed by atoms with van der Waals surface area (Å²) in [5, 5.41) is 3.76. The monoisotopic (exact) mass is 399 g/mol. The molecule has 146 valence electrons. The molecule has 0 unspecified atom stereocenters. The van der Waals surface area contributed by atoms with Crippen molar-refractivity contribution < 1.29 is 26.7 Å². The highest BCUT2D eigenvalue weighted by atomic mass is 35.5. The zero-order valence-electron chi connectivity index (χ0n) is 15.6. The first-order valence-electron chi connectivity index (χ1n) is 9.48. The van der Waals surface area contributed by atoms with Gasteiger partial charge in [0.2, 0.25) is 5.91 Å². The Morgan fingerprint density at radius 1 is 1.23 bits per heavy atom. The van der Waals surface area contributed by atoms with Crippen molar-refractivity contribution in [2.75, 3.05) is 25.0 Å². The van der Waals surface area contributed by atoms with E-state index < -0.39 is 0 Å². The van der Waals surface area contributed by atoms with Gasteiger partial charge >= 0.3 is 5.97 Å². The van der Waals surface area contributed by atoms with Crippen molar-refractivity contribution >= 4 is 28.2 Å². The SMILES string of the molecule is CCOC(=O)c1c(NC(=O)C2CCCCC2)sc2c1CCN(CC)C2.[Cl-]. The van der Waals surface area contributed by atoms with Crippen LogP contribution in [0, 0.1) is 5.92 Å². The van der Waals surface area contributed by atoms with Crippen molar-refractivity contribution in [1.82, 2.24) is 4.90 Å². The van der Waals surface area contributed by atoms with Gasteiger partial charge in [-0.3, -0.25) is 9.69 Å². The molecular formula is C19H28ClN2O3S-. The van der Waals surface area contributed by atoms with Crippen molar-refractivity contribution in [3.63, 3.8) is 0 Å². The van der Waals surface area contributed by atoms with E-state index >= 15 is 0 Å². The Bertz CT molecular complexity index is 641. The molecule has 2 aliphatic rings. The molecule has 1 saturated carbocycles. The molecule has 3 rings (SSSR count). The van der Waals surface area contributed by atoms with Crippen molar-refractivity contribution in [2.45, 2.75) is 58.9 Å². The van der Waals surface area contributed by atoms with Crippen LogP contribution in [0.4, 0.5) is 5.00 Å². The number of rotatable bonds is 5. The molecule has 1 aromatic heterocycles. The Kier molecular flexibility index (Phi) is 7.92. The van der Waals surface area contributed by atoms with Gasteiger partial charge < -0.3 is 22.5 Å². The maximum atomic E-state index is 12.7. The minimum Gasteiger partial charge on any atom is -1.00 e. The lowest BCUT2D eigenvalue weighted by Gasteiger charge is -2.25. The number of nitrogens with zero attached hydrogens (tertiary/aromatic N) is 1. The minimum absolute atomic E-state index is 0. The van der Waals surface area contributed by atoms with Crippen LogP contribution in [0.5, 0.6) is 0 Å². The van der Waals surface area contributed by atoms with Gasteiger partial charge in [0, 0.05) is 23.9 Å². The van der Waals surface area contributed by atoms with Crippen LogP contribution >= 0.6 is 11.3 Å². The summed E-state index contributed by atoms with van der Waals surface area (Å²) in [5.41, 5.74) is 1.67. The molecule has 7 heteroatoms. The minimum atomic E-state index is -0.302. The smallest absolute Gasteiger partial charge is 0.341 e. The second kappa shape index (κ2) is 9.72. The summed E-state index contributed by atoms with van der Waals surface area (Å²) >= 11 is 1.55. The standard InChI is InChI=1S/C19H28N2O3S.ClH/c1-3-21-11-10-14-15(12-21)25-18(16(14)19(23)24-4-2)20-17(22)13-8-6-5-7-9-13;/h13H,3-12H2,1-2H3,(H,20,22);1H/p-1. The Morgan fingerprint density at radius 3 is 2.62 bits per heavy atom. The van der Waals surface area contributed by atoms with Crippen LogP contribution in [0.25, 0.3) is 0 Å². The number of thiophene rings is 1. The molecule has 0 bridgehead atoms. The summed E-state index contributed by atoms with van der Waals surface area (Å²) < 4.78 is 5.28. The number of ether oxygens (including phenoxy) is 1. The predicted molar refractivity (Wildman–Crippen MR) is 100 cm³/mol.